The summed E-state index contributed by atoms with van der Waals surface area (Å²) in [7, 11) is 0. The fourth-order valence-electron chi connectivity index (χ4n) is 2.75. The van der Waals surface area contributed by atoms with Gasteiger partial charge in [-0.05, 0) is 31.9 Å². The molecule has 1 heterocycles. The van der Waals surface area contributed by atoms with Gasteiger partial charge < -0.3 is 10.2 Å². The summed E-state index contributed by atoms with van der Waals surface area (Å²) in [6.07, 6.45) is 0.578. The molecule has 1 aliphatic heterocycles. The summed E-state index contributed by atoms with van der Waals surface area (Å²) in [6.45, 7) is 8.43. The van der Waals surface area contributed by atoms with Gasteiger partial charge in [0.05, 0.1) is 12.5 Å². The van der Waals surface area contributed by atoms with Crippen molar-refractivity contribution in [3.8, 4) is 6.07 Å². The van der Waals surface area contributed by atoms with E-state index < -0.39 is 0 Å². The SMILES string of the molecule is Cc1cccc(C)c1N1CC(CC#N)NCC1C. The summed E-state index contributed by atoms with van der Waals surface area (Å²) in [4.78, 5) is 2.45. The Morgan fingerprint density at radius 3 is 2.67 bits per heavy atom. The summed E-state index contributed by atoms with van der Waals surface area (Å²) >= 11 is 0. The van der Waals surface area contributed by atoms with Crippen LogP contribution in [0.4, 0.5) is 5.69 Å². The van der Waals surface area contributed by atoms with Crippen LogP contribution in [-0.4, -0.2) is 25.2 Å². The Balaban J connectivity index is 2.27. The Morgan fingerprint density at radius 1 is 1.39 bits per heavy atom. The molecule has 1 aliphatic rings. The molecule has 2 rings (SSSR count). The first-order valence-corrected chi connectivity index (χ1v) is 6.56. The number of hydrogen-bond donors (Lipinski definition) is 1. The molecule has 2 atom stereocenters. The summed E-state index contributed by atoms with van der Waals surface area (Å²) in [5.74, 6) is 0. The van der Waals surface area contributed by atoms with Crippen LogP contribution in [-0.2, 0) is 0 Å². The van der Waals surface area contributed by atoms with Gasteiger partial charge in [0.25, 0.3) is 0 Å². The minimum atomic E-state index is 0.283. The molecule has 0 aromatic heterocycles. The van der Waals surface area contributed by atoms with E-state index in [4.69, 9.17) is 5.26 Å². The largest absolute Gasteiger partial charge is 0.366 e. The zero-order chi connectivity index (χ0) is 13.1. The Morgan fingerprint density at radius 2 is 2.06 bits per heavy atom. The highest BCUT2D eigenvalue weighted by Gasteiger charge is 2.26. The lowest BCUT2D eigenvalue weighted by molar-refractivity contribution is 0.408. The highest BCUT2D eigenvalue weighted by molar-refractivity contribution is 5.60. The lowest BCUT2D eigenvalue weighted by Crippen LogP contribution is -2.55. The lowest BCUT2D eigenvalue weighted by Gasteiger charge is -2.41. The number of para-hydroxylation sites is 1. The maximum absolute atomic E-state index is 8.84. The van der Waals surface area contributed by atoms with Crippen molar-refractivity contribution in [3.05, 3.63) is 29.3 Å². The van der Waals surface area contributed by atoms with Crippen molar-refractivity contribution in [3.63, 3.8) is 0 Å². The number of hydrogen-bond acceptors (Lipinski definition) is 3. The van der Waals surface area contributed by atoms with Crippen molar-refractivity contribution in [2.75, 3.05) is 18.0 Å². The van der Waals surface area contributed by atoms with Crippen LogP contribution in [0.3, 0.4) is 0 Å². The van der Waals surface area contributed by atoms with E-state index in [0.29, 0.717) is 12.5 Å². The van der Waals surface area contributed by atoms with Gasteiger partial charge in [-0.15, -0.1) is 0 Å². The average Bonchev–Trinajstić information content (AvgIpc) is 2.33. The molecule has 1 N–H and O–H groups in total. The normalized spacial score (nSPS) is 23.8. The van der Waals surface area contributed by atoms with E-state index in [-0.39, 0.29) is 6.04 Å². The van der Waals surface area contributed by atoms with Crippen molar-refractivity contribution in [1.82, 2.24) is 5.32 Å². The molecule has 96 valence electrons. The summed E-state index contributed by atoms with van der Waals surface area (Å²) in [6, 6.07) is 9.45. The van der Waals surface area contributed by atoms with Gasteiger partial charge in [-0.25, -0.2) is 0 Å². The highest BCUT2D eigenvalue weighted by Crippen LogP contribution is 2.28. The van der Waals surface area contributed by atoms with Crippen molar-refractivity contribution in [2.24, 2.45) is 0 Å². The molecule has 0 bridgehead atoms. The fourth-order valence-corrected chi connectivity index (χ4v) is 2.75. The standard InChI is InChI=1S/C15H21N3/c1-11-5-4-6-12(2)15(11)18-10-14(7-8-16)17-9-13(18)3/h4-6,13-14,17H,7,9-10H2,1-3H3. The van der Waals surface area contributed by atoms with E-state index in [0.717, 1.165) is 13.1 Å². The number of nitrogens with zero attached hydrogens (tertiary/aromatic N) is 2. The molecule has 2 unspecified atom stereocenters. The third-order valence-corrected chi connectivity index (χ3v) is 3.72. The monoisotopic (exact) mass is 243 g/mol. The molecular formula is C15H21N3. The van der Waals surface area contributed by atoms with Gasteiger partial charge in [0.15, 0.2) is 0 Å². The lowest BCUT2D eigenvalue weighted by atomic mass is 10.0. The first-order chi connectivity index (χ1) is 8.63. The van der Waals surface area contributed by atoms with Crippen molar-refractivity contribution < 1.29 is 0 Å². The van der Waals surface area contributed by atoms with Crippen molar-refractivity contribution in [2.45, 2.75) is 39.3 Å². The van der Waals surface area contributed by atoms with Gasteiger partial charge >= 0.3 is 0 Å². The third kappa shape index (κ3) is 2.49. The third-order valence-electron chi connectivity index (χ3n) is 3.72. The van der Waals surface area contributed by atoms with Gasteiger partial charge in [-0.2, -0.15) is 5.26 Å². The maximum atomic E-state index is 8.84. The zero-order valence-electron chi connectivity index (χ0n) is 11.4. The number of rotatable bonds is 2. The molecule has 3 nitrogen and oxygen atoms in total. The second kappa shape index (κ2) is 5.41. The average molecular weight is 243 g/mol. The van der Waals surface area contributed by atoms with Crippen LogP contribution < -0.4 is 10.2 Å². The quantitative estimate of drug-likeness (QED) is 0.867. The van der Waals surface area contributed by atoms with Crippen molar-refractivity contribution >= 4 is 5.69 Å². The predicted molar refractivity (Wildman–Crippen MR) is 74.7 cm³/mol. The van der Waals surface area contributed by atoms with Gasteiger partial charge in [-0.1, -0.05) is 18.2 Å². The Bertz CT molecular complexity index is 441. The number of nitrogens with one attached hydrogen (secondary N) is 1. The number of nitriles is 1. The minimum Gasteiger partial charge on any atom is -0.366 e. The van der Waals surface area contributed by atoms with E-state index in [1.165, 1.54) is 16.8 Å². The van der Waals surface area contributed by atoms with Gasteiger partial charge in [0.2, 0.25) is 0 Å². The number of anilines is 1. The number of benzene rings is 1. The van der Waals surface area contributed by atoms with Crippen LogP contribution in [0, 0.1) is 25.2 Å². The van der Waals surface area contributed by atoms with Crippen LogP contribution in [0.5, 0.6) is 0 Å². The van der Waals surface area contributed by atoms with E-state index in [2.05, 4.69) is 55.3 Å². The molecule has 3 heteroatoms. The highest BCUT2D eigenvalue weighted by atomic mass is 15.2. The van der Waals surface area contributed by atoms with Crippen LogP contribution in [0.2, 0.25) is 0 Å². The van der Waals surface area contributed by atoms with Crippen LogP contribution in [0.15, 0.2) is 18.2 Å². The molecule has 0 aliphatic carbocycles. The Hall–Kier alpha value is -1.53. The van der Waals surface area contributed by atoms with Crippen LogP contribution in [0.25, 0.3) is 0 Å². The molecule has 0 radical (unpaired) electrons. The van der Waals surface area contributed by atoms with Gasteiger partial charge in [0, 0.05) is 30.9 Å². The summed E-state index contributed by atoms with van der Waals surface area (Å²) in [5, 5.41) is 12.3. The molecule has 1 aromatic rings. The Labute approximate surface area is 109 Å². The topological polar surface area (TPSA) is 39.1 Å². The number of piperazine rings is 1. The van der Waals surface area contributed by atoms with Crippen molar-refractivity contribution in [1.29, 1.82) is 5.26 Å². The first kappa shape index (κ1) is 12.9. The minimum absolute atomic E-state index is 0.283. The summed E-state index contributed by atoms with van der Waals surface area (Å²) in [5.41, 5.74) is 3.98. The molecule has 0 spiro atoms. The zero-order valence-corrected chi connectivity index (χ0v) is 11.4. The molecule has 1 aromatic carbocycles. The second-order valence-corrected chi connectivity index (χ2v) is 5.21. The number of aryl methyl sites for hydroxylation is 2. The summed E-state index contributed by atoms with van der Waals surface area (Å²) < 4.78 is 0. The van der Waals surface area contributed by atoms with E-state index >= 15 is 0 Å². The Kier molecular flexibility index (Phi) is 3.88. The van der Waals surface area contributed by atoms with E-state index in [1.54, 1.807) is 0 Å². The molecule has 1 fully saturated rings. The molecule has 0 saturated carbocycles. The van der Waals surface area contributed by atoms with E-state index in [9.17, 15) is 0 Å². The second-order valence-electron chi connectivity index (χ2n) is 5.21. The molecular weight excluding hydrogens is 222 g/mol. The van der Waals surface area contributed by atoms with Crippen LogP contribution >= 0.6 is 0 Å². The first-order valence-electron chi connectivity index (χ1n) is 6.56. The molecule has 18 heavy (non-hydrogen) atoms. The van der Waals surface area contributed by atoms with E-state index in [1.807, 2.05) is 0 Å². The predicted octanol–water partition coefficient (Wildman–Crippen LogP) is 2.38. The van der Waals surface area contributed by atoms with Gasteiger partial charge in [0.1, 0.15) is 0 Å². The van der Waals surface area contributed by atoms with Gasteiger partial charge in [-0.3, -0.25) is 0 Å². The fraction of sp³-hybridized carbons (Fsp3) is 0.533. The molecule has 0 amide bonds. The van der Waals surface area contributed by atoms with Crippen LogP contribution in [0.1, 0.15) is 24.5 Å². The maximum Gasteiger partial charge on any atom is 0.0638 e. The smallest absolute Gasteiger partial charge is 0.0638 e. The molecule has 1 saturated heterocycles.